The van der Waals surface area contributed by atoms with Gasteiger partial charge in [-0.2, -0.15) is 0 Å². The van der Waals surface area contributed by atoms with Crippen molar-refractivity contribution in [2.75, 3.05) is 0 Å². The molecule has 130 valence electrons. The van der Waals surface area contributed by atoms with Gasteiger partial charge < -0.3 is 33.5 Å². The summed E-state index contributed by atoms with van der Waals surface area (Å²) < 4.78 is 14.1. The van der Waals surface area contributed by atoms with E-state index in [1.54, 1.807) is 0 Å². The van der Waals surface area contributed by atoms with Crippen LogP contribution in [0.25, 0.3) is 0 Å². The van der Waals surface area contributed by atoms with Crippen LogP contribution in [0.1, 0.15) is 23.0 Å². The van der Waals surface area contributed by atoms with E-state index in [2.05, 4.69) is 24.3 Å². The van der Waals surface area contributed by atoms with Gasteiger partial charge in [0.25, 0.3) is 0 Å². The molecule has 0 fully saturated rings. The fourth-order valence-corrected chi connectivity index (χ4v) is 2.48. The highest BCUT2D eigenvalue weighted by Crippen LogP contribution is 2.21. The molecule has 4 heteroatoms. The molecule has 0 aliphatic heterocycles. The highest BCUT2D eigenvalue weighted by atomic mass is 127. The molecule has 1 heterocycles. The van der Waals surface area contributed by atoms with Crippen LogP contribution in [0.4, 0.5) is 0 Å². The van der Waals surface area contributed by atoms with Crippen LogP contribution in [0.5, 0.6) is 0 Å². The second-order valence-electron chi connectivity index (χ2n) is 5.73. The zero-order valence-electron chi connectivity index (χ0n) is 14.2. The van der Waals surface area contributed by atoms with Crippen molar-refractivity contribution in [1.29, 1.82) is 0 Å². The van der Waals surface area contributed by atoms with Gasteiger partial charge in [-0.1, -0.05) is 60.7 Å². The van der Waals surface area contributed by atoms with Crippen molar-refractivity contribution in [3.05, 3.63) is 102 Å². The van der Waals surface area contributed by atoms with E-state index in [1.165, 1.54) is 0 Å². The molecule has 0 saturated carbocycles. The molecule has 0 saturated heterocycles. The minimum absolute atomic E-state index is 0. The lowest BCUT2D eigenvalue weighted by Gasteiger charge is -2.18. The zero-order chi connectivity index (χ0) is 16.6. The van der Waals surface area contributed by atoms with Crippen molar-refractivity contribution in [2.24, 2.45) is 7.05 Å². The van der Waals surface area contributed by atoms with Crippen LogP contribution in [0.3, 0.4) is 0 Å². The molecule has 0 atom stereocenters. The molecule has 2 aromatic carbocycles. The molecule has 0 unspecified atom stereocenters. The van der Waals surface area contributed by atoms with E-state index in [9.17, 15) is 0 Å². The molecule has 0 aliphatic rings. The Hall–Kier alpha value is -1.76. The van der Waals surface area contributed by atoms with E-state index in [-0.39, 0.29) is 24.0 Å². The van der Waals surface area contributed by atoms with Crippen molar-refractivity contribution in [3.63, 3.8) is 0 Å². The SMILES string of the molecule is C[n+]1cccc(C(OCc2ccccc2)OCc2ccccc2)c1.[I-]. The van der Waals surface area contributed by atoms with Gasteiger partial charge in [-0.3, -0.25) is 0 Å². The van der Waals surface area contributed by atoms with E-state index in [0.717, 1.165) is 16.7 Å². The quantitative estimate of drug-likeness (QED) is 0.306. The van der Waals surface area contributed by atoms with Crippen molar-refractivity contribution < 1.29 is 38.0 Å². The smallest absolute Gasteiger partial charge is 0.190 e. The van der Waals surface area contributed by atoms with Crippen LogP contribution in [-0.2, 0) is 29.7 Å². The van der Waals surface area contributed by atoms with Crippen molar-refractivity contribution in [2.45, 2.75) is 19.5 Å². The van der Waals surface area contributed by atoms with Gasteiger partial charge in [0.15, 0.2) is 18.7 Å². The average Bonchev–Trinajstić information content (AvgIpc) is 2.63. The first-order chi connectivity index (χ1) is 11.8. The maximum absolute atomic E-state index is 6.06. The second kappa shape index (κ2) is 10.3. The Balaban J connectivity index is 0.00000225. The second-order valence-corrected chi connectivity index (χ2v) is 5.73. The summed E-state index contributed by atoms with van der Waals surface area (Å²) >= 11 is 0. The number of halogens is 1. The number of benzene rings is 2. The Bertz CT molecular complexity index is 707. The summed E-state index contributed by atoms with van der Waals surface area (Å²) in [5, 5.41) is 0. The predicted molar refractivity (Wildman–Crippen MR) is 92.8 cm³/mol. The molecule has 3 nitrogen and oxygen atoms in total. The molecule has 3 rings (SSSR count). The third kappa shape index (κ3) is 6.23. The standard InChI is InChI=1S/C21H22NO2.HI/c1-22-14-8-13-20(15-22)21(23-16-18-9-4-2-5-10-18)24-17-19-11-6-3-7-12-19;/h2-15,21H,16-17H2,1H3;1H/q+1;/p-1. The molecule has 0 bridgehead atoms. The third-order valence-electron chi connectivity index (χ3n) is 3.72. The average molecular weight is 447 g/mol. The maximum atomic E-state index is 6.06. The molecular formula is C21H22INO2. The zero-order valence-corrected chi connectivity index (χ0v) is 16.4. The molecule has 25 heavy (non-hydrogen) atoms. The van der Waals surface area contributed by atoms with Gasteiger partial charge in [-0.05, 0) is 17.2 Å². The predicted octanol–water partition coefficient (Wildman–Crippen LogP) is 0.947. The number of hydrogen-bond acceptors (Lipinski definition) is 2. The molecular weight excluding hydrogens is 425 g/mol. The van der Waals surface area contributed by atoms with E-state index in [4.69, 9.17) is 9.47 Å². The first-order valence-corrected chi connectivity index (χ1v) is 8.07. The summed E-state index contributed by atoms with van der Waals surface area (Å²) in [5.74, 6) is 0. The fourth-order valence-electron chi connectivity index (χ4n) is 2.48. The molecule has 0 amide bonds. The Morgan fingerprint density at radius 3 is 1.76 bits per heavy atom. The van der Waals surface area contributed by atoms with Crippen LogP contribution in [0, 0.1) is 0 Å². The number of hydrogen-bond donors (Lipinski definition) is 0. The number of rotatable bonds is 7. The van der Waals surface area contributed by atoms with Gasteiger partial charge in [0.2, 0.25) is 0 Å². The molecule has 1 aromatic heterocycles. The Morgan fingerprint density at radius 1 is 0.760 bits per heavy atom. The van der Waals surface area contributed by atoms with Gasteiger partial charge in [0.1, 0.15) is 7.05 Å². The Kier molecular flexibility index (Phi) is 8.04. The number of pyridine rings is 1. The van der Waals surface area contributed by atoms with E-state index >= 15 is 0 Å². The normalized spacial score (nSPS) is 10.5. The van der Waals surface area contributed by atoms with Gasteiger partial charge >= 0.3 is 0 Å². The first kappa shape index (κ1) is 19.6. The van der Waals surface area contributed by atoms with Gasteiger partial charge in [0, 0.05) is 6.07 Å². The Morgan fingerprint density at radius 2 is 1.28 bits per heavy atom. The minimum atomic E-state index is -0.405. The molecule has 0 spiro atoms. The largest absolute Gasteiger partial charge is 1.00 e. The molecule has 0 N–H and O–H groups in total. The first-order valence-electron chi connectivity index (χ1n) is 8.07. The monoisotopic (exact) mass is 447 g/mol. The molecule has 3 aromatic rings. The summed E-state index contributed by atoms with van der Waals surface area (Å²) in [6, 6.07) is 24.3. The van der Waals surface area contributed by atoms with Crippen molar-refractivity contribution in [1.82, 2.24) is 0 Å². The van der Waals surface area contributed by atoms with Crippen LogP contribution < -0.4 is 28.5 Å². The van der Waals surface area contributed by atoms with Crippen molar-refractivity contribution >= 4 is 0 Å². The highest BCUT2D eigenvalue weighted by Gasteiger charge is 2.16. The highest BCUT2D eigenvalue weighted by molar-refractivity contribution is 5.15. The Labute approximate surface area is 166 Å². The summed E-state index contributed by atoms with van der Waals surface area (Å²) in [4.78, 5) is 0. The summed E-state index contributed by atoms with van der Waals surface area (Å²) in [5.41, 5.74) is 3.27. The fraction of sp³-hybridized carbons (Fsp3) is 0.190. The van der Waals surface area contributed by atoms with Crippen LogP contribution >= 0.6 is 0 Å². The van der Waals surface area contributed by atoms with Crippen LogP contribution in [-0.4, -0.2) is 0 Å². The number of ether oxygens (including phenoxy) is 2. The van der Waals surface area contributed by atoms with Gasteiger partial charge in [-0.15, -0.1) is 0 Å². The lowest BCUT2D eigenvalue weighted by molar-refractivity contribution is -0.672. The lowest BCUT2D eigenvalue weighted by Crippen LogP contribution is -3.00. The number of nitrogens with zero attached hydrogens (tertiary/aromatic N) is 1. The van der Waals surface area contributed by atoms with E-state index in [1.807, 2.05) is 72.5 Å². The van der Waals surface area contributed by atoms with E-state index < -0.39 is 6.29 Å². The van der Waals surface area contributed by atoms with Gasteiger partial charge in [0.05, 0.1) is 18.8 Å². The minimum Gasteiger partial charge on any atom is -1.00 e. The number of aryl methyl sites for hydroxylation is 1. The van der Waals surface area contributed by atoms with E-state index in [0.29, 0.717) is 13.2 Å². The maximum Gasteiger partial charge on any atom is 0.190 e. The molecule has 0 aliphatic carbocycles. The van der Waals surface area contributed by atoms with Crippen LogP contribution in [0.15, 0.2) is 85.2 Å². The summed E-state index contributed by atoms with van der Waals surface area (Å²) in [6.45, 7) is 1.03. The van der Waals surface area contributed by atoms with Crippen LogP contribution in [0.2, 0.25) is 0 Å². The van der Waals surface area contributed by atoms with Gasteiger partial charge in [-0.25, -0.2) is 4.57 Å². The topological polar surface area (TPSA) is 22.3 Å². The lowest BCUT2D eigenvalue weighted by atomic mass is 10.2. The van der Waals surface area contributed by atoms with Crippen molar-refractivity contribution in [3.8, 4) is 0 Å². The third-order valence-corrected chi connectivity index (χ3v) is 3.72. The summed E-state index contributed by atoms with van der Waals surface area (Å²) in [7, 11) is 1.99. The molecule has 0 radical (unpaired) electrons. The number of aromatic nitrogens is 1. The summed E-state index contributed by atoms with van der Waals surface area (Å²) in [6.07, 6.45) is 3.62.